The van der Waals surface area contributed by atoms with Gasteiger partial charge in [0.1, 0.15) is 0 Å². The van der Waals surface area contributed by atoms with Crippen molar-refractivity contribution < 1.29 is 19.0 Å². The minimum absolute atomic E-state index is 0.00856. The summed E-state index contributed by atoms with van der Waals surface area (Å²) in [7, 11) is 0. The third-order valence-electron chi connectivity index (χ3n) is 2.10. The molecule has 5 nitrogen and oxygen atoms in total. The van der Waals surface area contributed by atoms with Crippen molar-refractivity contribution in [1.82, 2.24) is 0 Å². The Bertz CT molecular complexity index is 282. The fraction of sp³-hybridized carbons (Fsp3) is 0.727. The molecule has 1 atom stereocenters. The van der Waals surface area contributed by atoms with Gasteiger partial charge in [0, 0.05) is 18.2 Å². The van der Waals surface area contributed by atoms with Crippen LogP contribution in [-0.2, 0) is 19.0 Å². The van der Waals surface area contributed by atoms with Crippen LogP contribution in [0.3, 0.4) is 0 Å². The molecule has 0 aromatic rings. The van der Waals surface area contributed by atoms with E-state index in [1.54, 1.807) is 6.92 Å². The number of carbonyl (C=O) groups is 1. The molecule has 5 heteroatoms. The number of allylic oxidation sites excluding steroid dienone is 1. The lowest BCUT2D eigenvalue weighted by atomic mass is 10.3. The van der Waals surface area contributed by atoms with Crippen LogP contribution in [0.2, 0.25) is 0 Å². The molecule has 1 unspecified atom stereocenters. The Balaban J connectivity index is 2.17. The predicted octanol–water partition coefficient (Wildman–Crippen LogP) is 0.934. The molecule has 92 valence electrons. The average molecular weight is 229 g/mol. The first-order valence-electron chi connectivity index (χ1n) is 5.31. The fourth-order valence-electron chi connectivity index (χ4n) is 1.42. The van der Waals surface area contributed by atoms with Crippen LogP contribution >= 0.6 is 0 Å². The maximum absolute atomic E-state index is 11.1. The molecule has 0 radical (unpaired) electrons. The van der Waals surface area contributed by atoms with E-state index < -0.39 is 11.8 Å². The molecular formula is C11H19NO4. The molecular weight excluding hydrogens is 210 g/mol. The first-order chi connectivity index (χ1) is 7.39. The Morgan fingerprint density at radius 2 is 2.31 bits per heavy atom. The smallest absolute Gasteiger partial charge is 0.332 e. The first kappa shape index (κ1) is 13.0. The summed E-state index contributed by atoms with van der Waals surface area (Å²) >= 11 is 0. The average Bonchev–Trinajstić information content (AvgIpc) is 2.44. The van der Waals surface area contributed by atoms with Crippen molar-refractivity contribution in [2.45, 2.75) is 39.1 Å². The number of ether oxygens (including phenoxy) is 3. The van der Waals surface area contributed by atoms with Gasteiger partial charge < -0.3 is 19.9 Å². The van der Waals surface area contributed by atoms with E-state index in [1.807, 2.05) is 13.8 Å². The van der Waals surface area contributed by atoms with Crippen LogP contribution in [0, 0.1) is 0 Å². The highest BCUT2D eigenvalue weighted by Gasteiger charge is 2.32. The molecule has 0 bridgehead atoms. The second-order valence-corrected chi connectivity index (χ2v) is 4.30. The molecule has 1 aliphatic rings. The fourth-order valence-corrected chi connectivity index (χ4v) is 1.42. The molecule has 1 rings (SSSR count). The lowest BCUT2D eigenvalue weighted by Crippen LogP contribution is -2.22. The van der Waals surface area contributed by atoms with E-state index in [0.29, 0.717) is 25.3 Å². The van der Waals surface area contributed by atoms with E-state index >= 15 is 0 Å². The summed E-state index contributed by atoms with van der Waals surface area (Å²) in [6.07, 6.45) is 1.88. The standard InChI is InChI=1S/C11H19NO4/c1-8(12)6-10(13)14-5-4-9-7-15-11(2,3)16-9/h6,9H,4-5,7,12H2,1-3H3. The number of carbonyl (C=O) groups excluding carboxylic acids is 1. The second kappa shape index (κ2) is 5.32. The third-order valence-corrected chi connectivity index (χ3v) is 2.10. The summed E-state index contributed by atoms with van der Waals surface area (Å²) in [5.41, 5.74) is 5.77. The van der Waals surface area contributed by atoms with Gasteiger partial charge in [0.05, 0.1) is 19.3 Å². The van der Waals surface area contributed by atoms with Crippen LogP contribution in [-0.4, -0.2) is 31.1 Å². The monoisotopic (exact) mass is 229 g/mol. The molecule has 0 aromatic heterocycles. The van der Waals surface area contributed by atoms with Crippen LogP contribution in [0.5, 0.6) is 0 Å². The van der Waals surface area contributed by atoms with Gasteiger partial charge in [0.2, 0.25) is 0 Å². The van der Waals surface area contributed by atoms with Crippen molar-refractivity contribution >= 4 is 5.97 Å². The zero-order chi connectivity index (χ0) is 12.2. The first-order valence-corrected chi connectivity index (χ1v) is 5.31. The number of nitrogens with two attached hydrogens (primary N) is 1. The van der Waals surface area contributed by atoms with Crippen molar-refractivity contribution in [2.24, 2.45) is 5.73 Å². The Kier molecular flexibility index (Phi) is 4.32. The maximum Gasteiger partial charge on any atom is 0.332 e. The van der Waals surface area contributed by atoms with Crippen molar-refractivity contribution in [3.05, 3.63) is 11.8 Å². The van der Waals surface area contributed by atoms with Crippen molar-refractivity contribution in [1.29, 1.82) is 0 Å². The summed E-state index contributed by atoms with van der Waals surface area (Å²) in [4.78, 5) is 11.1. The van der Waals surface area contributed by atoms with Crippen molar-refractivity contribution in [3.8, 4) is 0 Å². The lowest BCUT2D eigenvalue weighted by Gasteiger charge is -2.16. The number of esters is 1. The number of hydrogen-bond donors (Lipinski definition) is 1. The Labute approximate surface area is 95.5 Å². The Hall–Kier alpha value is -1.07. The SMILES string of the molecule is CC(N)=CC(=O)OCCC1COC(C)(C)O1. The van der Waals surface area contributed by atoms with E-state index in [0.717, 1.165) is 0 Å². The topological polar surface area (TPSA) is 70.8 Å². The summed E-state index contributed by atoms with van der Waals surface area (Å²) in [5, 5.41) is 0. The molecule has 0 spiro atoms. The number of rotatable bonds is 4. The predicted molar refractivity (Wildman–Crippen MR) is 58.4 cm³/mol. The molecule has 1 heterocycles. The van der Waals surface area contributed by atoms with Crippen LogP contribution in [0.15, 0.2) is 11.8 Å². The molecule has 2 N–H and O–H groups in total. The molecule has 1 aliphatic heterocycles. The van der Waals surface area contributed by atoms with Crippen LogP contribution in [0.4, 0.5) is 0 Å². The second-order valence-electron chi connectivity index (χ2n) is 4.30. The molecule has 0 saturated carbocycles. The van der Waals surface area contributed by atoms with Crippen molar-refractivity contribution in [3.63, 3.8) is 0 Å². The van der Waals surface area contributed by atoms with E-state index in [1.165, 1.54) is 6.08 Å². The zero-order valence-electron chi connectivity index (χ0n) is 9.99. The molecule has 0 amide bonds. The quantitative estimate of drug-likeness (QED) is 0.573. The van der Waals surface area contributed by atoms with Gasteiger partial charge in [-0.25, -0.2) is 4.79 Å². The minimum atomic E-state index is -0.525. The van der Waals surface area contributed by atoms with E-state index in [4.69, 9.17) is 19.9 Å². The minimum Gasteiger partial charge on any atom is -0.462 e. The third kappa shape index (κ3) is 4.63. The normalized spacial score (nSPS) is 24.4. The van der Waals surface area contributed by atoms with Gasteiger partial charge in [-0.2, -0.15) is 0 Å². The lowest BCUT2D eigenvalue weighted by molar-refractivity contribution is -0.144. The van der Waals surface area contributed by atoms with E-state index in [9.17, 15) is 4.79 Å². The summed E-state index contributed by atoms with van der Waals surface area (Å²) in [6, 6.07) is 0. The van der Waals surface area contributed by atoms with Gasteiger partial charge in [0.15, 0.2) is 5.79 Å². The van der Waals surface area contributed by atoms with Gasteiger partial charge in [-0.3, -0.25) is 0 Å². The summed E-state index contributed by atoms with van der Waals surface area (Å²) < 4.78 is 15.9. The van der Waals surface area contributed by atoms with Crippen LogP contribution in [0.1, 0.15) is 27.2 Å². The summed E-state index contributed by atoms with van der Waals surface area (Å²) in [6.45, 7) is 6.21. The van der Waals surface area contributed by atoms with Gasteiger partial charge in [-0.05, 0) is 20.8 Å². The maximum atomic E-state index is 11.1. The molecule has 0 aliphatic carbocycles. The highest BCUT2D eigenvalue weighted by molar-refractivity contribution is 5.82. The molecule has 1 fully saturated rings. The Morgan fingerprint density at radius 3 is 2.81 bits per heavy atom. The van der Waals surface area contributed by atoms with E-state index in [2.05, 4.69) is 0 Å². The number of hydrogen-bond acceptors (Lipinski definition) is 5. The van der Waals surface area contributed by atoms with Gasteiger partial charge in [-0.15, -0.1) is 0 Å². The van der Waals surface area contributed by atoms with Crippen LogP contribution < -0.4 is 5.73 Å². The Morgan fingerprint density at radius 1 is 1.62 bits per heavy atom. The summed E-state index contributed by atoms with van der Waals surface area (Å²) in [5.74, 6) is -0.944. The highest BCUT2D eigenvalue weighted by Crippen LogP contribution is 2.23. The van der Waals surface area contributed by atoms with E-state index in [-0.39, 0.29) is 6.10 Å². The van der Waals surface area contributed by atoms with Gasteiger partial charge in [0.25, 0.3) is 0 Å². The highest BCUT2D eigenvalue weighted by atomic mass is 16.7. The van der Waals surface area contributed by atoms with Crippen LogP contribution in [0.25, 0.3) is 0 Å². The molecule has 1 saturated heterocycles. The van der Waals surface area contributed by atoms with Gasteiger partial charge >= 0.3 is 5.97 Å². The zero-order valence-corrected chi connectivity index (χ0v) is 9.99. The van der Waals surface area contributed by atoms with Crippen molar-refractivity contribution in [2.75, 3.05) is 13.2 Å². The largest absolute Gasteiger partial charge is 0.462 e. The molecule has 0 aromatic carbocycles. The van der Waals surface area contributed by atoms with Gasteiger partial charge in [-0.1, -0.05) is 0 Å². The molecule has 16 heavy (non-hydrogen) atoms.